The maximum Gasteiger partial charge on any atom is 0.317 e. The van der Waals surface area contributed by atoms with Gasteiger partial charge < -0.3 is 83.9 Å². The number of aliphatic carboxylic acids is 7. The Morgan fingerprint density at radius 3 is 0.609 bits per heavy atom. The molecule has 0 atom stereocenters. The Balaban J connectivity index is -0.0000000739. The lowest BCUT2D eigenvalue weighted by atomic mass is 10.4. The third-order valence-corrected chi connectivity index (χ3v) is 4.39. The largest absolute Gasteiger partial charge is 0.480 e. The molecular weight excluding hydrogens is 634 g/mol. The Bertz CT molecular complexity index is 772. The van der Waals surface area contributed by atoms with Gasteiger partial charge in [-0.25, -0.2) is 0 Å². The summed E-state index contributed by atoms with van der Waals surface area (Å²) in [5.74, 6) is -8.30. The van der Waals surface area contributed by atoms with E-state index < -0.39 is 81.1 Å². The fraction of sp³-hybridized carbons (Fsp3) is 0.650. The molecule has 0 spiro atoms. The van der Waals surface area contributed by atoms with Gasteiger partial charge in [0.2, 0.25) is 0 Å². The Morgan fingerprint density at radius 1 is 0.304 bits per heavy atom. The highest BCUT2D eigenvalue weighted by Crippen LogP contribution is 1.95. The second kappa shape index (κ2) is 37.0. The number of carboxylic acids is 7. The third-order valence-electron chi connectivity index (χ3n) is 4.39. The molecule has 0 aliphatic heterocycles. The van der Waals surface area contributed by atoms with Crippen LogP contribution in [0.4, 0.5) is 0 Å². The summed E-state index contributed by atoms with van der Waals surface area (Å²) in [6.45, 7) is -3.28. The minimum atomic E-state index is -1.23. The lowest BCUT2D eigenvalue weighted by molar-refractivity contribution is -0.145. The van der Waals surface area contributed by atoms with Gasteiger partial charge in [0.1, 0.15) is 0 Å². The first-order valence-electron chi connectivity index (χ1n) is 11.1. The van der Waals surface area contributed by atoms with Crippen molar-refractivity contribution < 1.29 is 74.4 Å². The van der Waals surface area contributed by atoms with Crippen molar-refractivity contribution >= 4 is 41.8 Å². The Kier molecular flexibility index (Phi) is 52.0. The number of hydrogen-bond acceptors (Lipinski definition) is 19. The van der Waals surface area contributed by atoms with Crippen LogP contribution in [0.3, 0.4) is 0 Å². The van der Waals surface area contributed by atoms with E-state index in [4.69, 9.17) is 40.9 Å². The standard InChI is InChI=1S/C10H16N2O8.C10H18N2O7.7H3N/c13-7(14)3-11(4-8(15)16)1-2-12(5-9(17)18)6-10(19)20;13-4-3-11(5-8(14)15)1-2-12(6-9(16)17)7-10(18)19;;;;;;;/h1-6H2,(H,13,14)(H,15,16)(H,17,18)(H,19,20);13H,1-7H2,(H,14,15)(H,16,17)(H,18,19);7*1H3. The maximum absolute atomic E-state index is 10.6. The van der Waals surface area contributed by atoms with Gasteiger partial charge in [-0.3, -0.25) is 53.2 Å². The summed E-state index contributed by atoms with van der Waals surface area (Å²) in [5, 5.41) is 69.1. The van der Waals surface area contributed by atoms with Crippen molar-refractivity contribution in [2.45, 2.75) is 0 Å². The second-order valence-corrected chi connectivity index (χ2v) is 7.89. The van der Waals surface area contributed by atoms with E-state index in [0.717, 1.165) is 9.80 Å². The molecule has 0 aromatic heterocycles. The summed E-state index contributed by atoms with van der Waals surface area (Å²) in [5.41, 5.74) is 0. The molecule has 29 N–H and O–H groups in total. The number of hydrogen-bond donors (Lipinski definition) is 15. The molecule has 0 saturated carbocycles. The van der Waals surface area contributed by atoms with Crippen molar-refractivity contribution in [1.29, 1.82) is 0 Å². The van der Waals surface area contributed by atoms with Crippen LogP contribution in [-0.4, -0.2) is 187 Å². The molecule has 0 aliphatic rings. The van der Waals surface area contributed by atoms with Crippen molar-refractivity contribution in [2.75, 3.05) is 85.1 Å². The highest BCUT2D eigenvalue weighted by atomic mass is 16.4. The lowest BCUT2D eigenvalue weighted by Gasteiger charge is -2.24. The van der Waals surface area contributed by atoms with E-state index in [1.54, 1.807) is 0 Å². The predicted octanol–water partition coefficient (Wildman–Crippen LogP) is -3.10. The van der Waals surface area contributed by atoms with Gasteiger partial charge in [-0.15, -0.1) is 0 Å². The number of nitrogens with zero attached hydrogens (tertiary/aromatic N) is 4. The molecule has 0 fully saturated rings. The highest BCUT2D eigenvalue weighted by Gasteiger charge is 2.18. The lowest BCUT2D eigenvalue weighted by Crippen LogP contribution is -2.43. The first-order chi connectivity index (χ1) is 18.0. The van der Waals surface area contributed by atoms with Crippen LogP contribution in [0.2, 0.25) is 0 Å². The minimum absolute atomic E-state index is 0. The summed E-state index contributed by atoms with van der Waals surface area (Å²) in [7, 11) is 0. The van der Waals surface area contributed by atoms with Gasteiger partial charge in [-0.1, -0.05) is 0 Å². The van der Waals surface area contributed by atoms with Gasteiger partial charge in [0.15, 0.2) is 0 Å². The summed E-state index contributed by atoms with van der Waals surface area (Å²) < 4.78 is 0. The molecular formula is C20H55N11O15. The van der Waals surface area contributed by atoms with E-state index in [9.17, 15) is 33.6 Å². The molecule has 0 aliphatic carbocycles. The number of carbonyl (C=O) groups is 7. The van der Waals surface area contributed by atoms with Crippen molar-refractivity contribution in [3.63, 3.8) is 0 Å². The van der Waals surface area contributed by atoms with Crippen molar-refractivity contribution in [2.24, 2.45) is 0 Å². The summed E-state index contributed by atoms with van der Waals surface area (Å²) in [6, 6.07) is 0. The van der Waals surface area contributed by atoms with E-state index in [1.165, 1.54) is 9.80 Å². The van der Waals surface area contributed by atoms with E-state index >= 15 is 0 Å². The zero-order chi connectivity index (χ0) is 30.5. The van der Waals surface area contributed by atoms with Crippen LogP contribution in [0.25, 0.3) is 0 Å². The zero-order valence-corrected chi connectivity index (χ0v) is 25.9. The average Bonchev–Trinajstić information content (AvgIpc) is 2.73. The van der Waals surface area contributed by atoms with Gasteiger partial charge in [-0.05, 0) is 0 Å². The molecule has 0 heterocycles. The van der Waals surface area contributed by atoms with Crippen LogP contribution in [0.5, 0.6) is 0 Å². The van der Waals surface area contributed by atoms with E-state index in [2.05, 4.69) is 0 Å². The molecule has 46 heavy (non-hydrogen) atoms. The first-order valence-corrected chi connectivity index (χ1v) is 11.1. The van der Waals surface area contributed by atoms with Crippen LogP contribution in [0, 0.1) is 0 Å². The molecule has 0 saturated heterocycles. The fourth-order valence-corrected chi connectivity index (χ4v) is 2.96. The average molecular weight is 690 g/mol. The molecule has 0 amide bonds. The van der Waals surface area contributed by atoms with Crippen LogP contribution in [-0.2, 0) is 33.6 Å². The maximum atomic E-state index is 10.6. The normalized spacial score (nSPS) is 9.15. The third kappa shape index (κ3) is 44.3. The summed E-state index contributed by atoms with van der Waals surface area (Å²) in [6.07, 6.45) is 0. The molecule has 0 aromatic carbocycles. The SMILES string of the molecule is N.N.N.N.N.N.N.O=C(O)CN(CCN(CC(=O)O)CC(=O)O)CC(=O)O.O=C(O)CN(CCO)CCN(CC(=O)O)CC(=O)O. The number of aliphatic hydroxyl groups excluding tert-OH is 1. The van der Waals surface area contributed by atoms with E-state index in [-0.39, 0.29) is 88.9 Å². The number of rotatable bonds is 22. The van der Waals surface area contributed by atoms with Gasteiger partial charge >= 0.3 is 41.8 Å². The molecule has 26 nitrogen and oxygen atoms in total. The zero-order valence-electron chi connectivity index (χ0n) is 25.9. The van der Waals surface area contributed by atoms with Gasteiger partial charge in [-0.2, -0.15) is 0 Å². The van der Waals surface area contributed by atoms with Gasteiger partial charge in [0.25, 0.3) is 0 Å². The molecule has 0 unspecified atom stereocenters. The Labute approximate surface area is 264 Å². The smallest absolute Gasteiger partial charge is 0.317 e. The Morgan fingerprint density at radius 2 is 0.457 bits per heavy atom. The van der Waals surface area contributed by atoms with Crippen molar-refractivity contribution in [3.05, 3.63) is 0 Å². The summed E-state index contributed by atoms with van der Waals surface area (Å²) >= 11 is 0. The van der Waals surface area contributed by atoms with Crippen LogP contribution in [0.1, 0.15) is 0 Å². The number of aliphatic hydroxyl groups is 1. The monoisotopic (exact) mass is 689 g/mol. The predicted molar refractivity (Wildman–Crippen MR) is 161 cm³/mol. The van der Waals surface area contributed by atoms with Gasteiger partial charge in [0, 0.05) is 32.7 Å². The molecule has 26 heteroatoms. The molecule has 0 aromatic rings. The number of carboxylic acid groups (broad SMARTS) is 7. The van der Waals surface area contributed by atoms with Crippen LogP contribution >= 0.6 is 0 Å². The quantitative estimate of drug-likeness (QED) is 0.0535. The fourth-order valence-electron chi connectivity index (χ4n) is 2.96. The van der Waals surface area contributed by atoms with Gasteiger partial charge in [0.05, 0.1) is 52.4 Å². The minimum Gasteiger partial charge on any atom is -0.480 e. The highest BCUT2D eigenvalue weighted by molar-refractivity contribution is 5.74. The molecule has 0 bridgehead atoms. The molecule has 0 radical (unpaired) electrons. The van der Waals surface area contributed by atoms with E-state index in [1.807, 2.05) is 0 Å². The molecule has 280 valence electrons. The molecule has 0 rings (SSSR count). The topological polar surface area (TPSA) is 539 Å². The Hall–Kier alpha value is -4.19. The van der Waals surface area contributed by atoms with Crippen molar-refractivity contribution in [3.8, 4) is 0 Å². The summed E-state index contributed by atoms with van der Waals surface area (Å²) in [4.78, 5) is 78.6. The van der Waals surface area contributed by atoms with E-state index in [0.29, 0.717) is 0 Å². The van der Waals surface area contributed by atoms with Crippen LogP contribution in [0.15, 0.2) is 0 Å². The van der Waals surface area contributed by atoms with Crippen molar-refractivity contribution in [1.82, 2.24) is 62.7 Å². The second-order valence-electron chi connectivity index (χ2n) is 7.89. The van der Waals surface area contributed by atoms with Crippen LogP contribution < -0.4 is 43.1 Å². The first kappa shape index (κ1) is 64.7.